The van der Waals surface area contributed by atoms with E-state index in [-0.39, 0.29) is 12.5 Å². The van der Waals surface area contributed by atoms with Gasteiger partial charge >= 0.3 is 12.0 Å². The molecule has 1 aliphatic carbocycles. The smallest absolute Gasteiger partial charge is 0.323 e. The van der Waals surface area contributed by atoms with Crippen LogP contribution in [0.3, 0.4) is 0 Å². The zero-order chi connectivity index (χ0) is 21.5. The van der Waals surface area contributed by atoms with Crippen LogP contribution in [0.15, 0.2) is 42.5 Å². The van der Waals surface area contributed by atoms with Gasteiger partial charge in [-0.1, -0.05) is 18.2 Å². The predicted octanol–water partition coefficient (Wildman–Crippen LogP) is 5.79. The predicted molar refractivity (Wildman–Crippen MR) is 118 cm³/mol. The van der Waals surface area contributed by atoms with Gasteiger partial charge in [0, 0.05) is 12.1 Å². The second-order valence-corrected chi connectivity index (χ2v) is 8.05. The number of carbonyl (C=O) groups is 2. The summed E-state index contributed by atoms with van der Waals surface area (Å²) in [6.45, 7) is 1.96. The van der Waals surface area contributed by atoms with Crippen LogP contribution in [0, 0.1) is 12.8 Å². The molecule has 30 heavy (non-hydrogen) atoms. The lowest BCUT2D eigenvalue weighted by Crippen LogP contribution is -2.20. The lowest BCUT2D eigenvalue weighted by molar-refractivity contribution is -0.137. The third kappa shape index (κ3) is 5.99. The minimum atomic E-state index is -0.704. The highest BCUT2D eigenvalue weighted by Gasteiger charge is 2.22. The van der Waals surface area contributed by atoms with Crippen LogP contribution in [0.5, 0.6) is 5.75 Å². The Morgan fingerprint density at radius 3 is 2.37 bits per heavy atom. The molecule has 0 aromatic heterocycles. The van der Waals surface area contributed by atoms with Crippen LogP contribution in [-0.4, -0.2) is 24.2 Å². The van der Waals surface area contributed by atoms with Crippen molar-refractivity contribution in [1.29, 1.82) is 0 Å². The molecule has 0 unspecified atom stereocenters. The molecule has 0 spiro atoms. The van der Waals surface area contributed by atoms with Crippen molar-refractivity contribution in [2.24, 2.45) is 5.92 Å². The minimum absolute atomic E-state index is 0.270. The molecular weight excluding hydrogens is 380 g/mol. The van der Waals surface area contributed by atoms with E-state index in [1.807, 2.05) is 37.3 Å². The van der Waals surface area contributed by atoms with E-state index < -0.39 is 5.97 Å². The number of anilines is 2. The van der Waals surface area contributed by atoms with Crippen molar-refractivity contribution in [2.45, 2.75) is 51.4 Å². The Bertz CT molecular complexity index is 871. The Labute approximate surface area is 177 Å². The molecule has 6 heteroatoms. The first-order valence-corrected chi connectivity index (χ1v) is 10.5. The molecule has 3 N–H and O–H groups in total. The SMILES string of the molecule is COc1ccc(C)cc1NC(=O)Nc1ccc(C2CCC(CCC(=O)O)CC2)cc1. The number of methoxy groups -OCH3 is 1. The van der Waals surface area contributed by atoms with Crippen LogP contribution < -0.4 is 15.4 Å². The number of carboxylic acids is 1. The maximum atomic E-state index is 12.4. The fourth-order valence-corrected chi connectivity index (χ4v) is 4.15. The van der Waals surface area contributed by atoms with Gasteiger partial charge < -0.3 is 20.5 Å². The lowest BCUT2D eigenvalue weighted by Gasteiger charge is -2.28. The average Bonchev–Trinajstić information content (AvgIpc) is 2.73. The summed E-state index contributed by atoms with van der Waals surface area (Å²) in [5, 5.41) is 14.5. The number of nitrogens with one attached hydrogen (secondary N) is 2. The highest BCUT2D eigenvalue weighted by atomic mass is 16.5. The number of benzene rings is 2. The fourth-order valence-electron chi connectivity index (χ4n) is 4.15. The minimum Gasteiger partial charge on any atom is -0.495 e. The van der Waals surface area contributed by atoms with Gasteiger partial charge in [0.2, 0.25) is 0 Å². The van der Waals surface area contributed by atoms with Gasteiger partial charge in [-0.3, -0.25) is 4.79 Å². The zero-order valence-corrected chi connectivity index (χ0v) is 17.6. The van der Waals surface area contributed by atoms with Crippen LogP contribution in [0.2, 0.25) is 0 Å². The van der Waals surface area contributed by atoms with Crippen molar-refractivity contribution >= 4 is 23.4 Å². The molecule has 1 aliphatic rings. The van der Waals surface area contributed by atoms with Gasteiger partial charge in [-0.2, -0.15) is 0 Å². The quantitative estimate of drug-likeness (QED) is 0.539. The monoisotopic (exact) mass is 410 g/mol. The third-order valence-electron chi connectivity index (χ3n) is 5.86. The number of aliphatic carboxylic acids is 1. The first-order valence-electron chi connectivity index (χ1n) is 10.5. The molecule has 2 aromatic rings. The second kappa shape index (κ2) is 10.1. The average molecular weight is 411 g/mol. The number of urea groups is 1. The molecule has 1 fully saturated rings. The van der Waals surface area contributed by atoms with E-state index in [1.165, 1.54) is 5.56 Å². The van der Waals surface area contributed by atoms with Gasteiger partial charge in [0.15, 0.2) is 0 Å². The van der Waals surface area contributed by atoms with Gasteiger partial charge in [0.05, 0.1) is 12.8 Å². The third-order valence-corrected chi connectivity index (χ3v) is 5.86. The maximum Gasteiger partial charge on any atom is 0.323 e. The first-order chi connectivity index (χ1) is 14.4. The topological polar surface area (TPSA) is 87.7 Å². The first kappa shape index (κ1) is 21.7. The summed E-state index contributed by atoms with van der Waals surface area (Å²) >= 11 is 0. The van der Waals surface area contributed by atoms with E-state index in [0.29, 0.717) is 23.3 Å². The molecule has 1 saturated carbocycles. The van der Waals surface area contributed by atoms with Crippen molar-refractivity contribution in [2.75, 3.05) is 17.7 Å². The lowest BCUT2D eigenvalue weighted by atomic mass is 9.77. The van der Waals surface area contributed by atoms with Crippen LogP contribution in [0.25, 0.3) is 0 Å². The summed E-state index contributed by atoms with van der Waals surface area (Å²) in [5.41, 5.74) is 3.68. The second-order valence-electron chi connectivity index (χ2n) is 8.05. The summed E-state index contributed by atoms with van der Waals surface area (Å²) in [6, 6.07) is 13.3. The van der Waals surface area contributed by atoms with Crippen molar-refractivity contribution in [3.63, 3.8) is 0 Å². The van der Waals surface area contributed by atoms with E-state index in [1.54, 1.807) is 7.11 Å². The Kier molecular flexibility index (Phi) is 7.33. The van der Waals surface area contributed by atoms with Crippen LogP contribution in [0.4, 0.5) is 16.2 Å². The van der Waals surface area contributed by atoms with Crippen LogP contribution in [-0.2, 0) is 4.79 Å². The molecule has 0 atom stereocenters. The van der Waals surface area contributed by atoms with Crippen LogP contribution in [0.1, 0.15) is 55.6 Å². The molecule has 0 saturated heterocycles. The van der Waals surface area contributed by atoms with Crippen molar-refractivity contribution in [3.05, 3.63) is 53.6 Å². The molecule has 3 rings (SSSR count). The number of hydrogen-bond donors (Lipinski definition) is 3. The van der Waals surface area contributed by atoms with E-state index >= 15 is 0 Å². The largest absolute Gasteiger partial charge is 0.495 e. The molecule has 2 amide bonds. The van der Waals surface area contributed by atoms with Gasteiger partial charge in [-0.15, -0.1) is 0 Å². The molecule has 160 valence electrons. The van der Waals surface area contributed by atoms with E-state index in [4.69, 9.17) is 9.84 Å². The number of carboxylic acid groups (broad SMARTS) is 1. The Balaban J connectivity index is 1.52. The number of amides is 2. The normalized spacial score (nSPS) is 18.5. The zero-order valence-electron chi connectivity index (χ0n) is 17.6. The highest BCUT2D eigenvalue weighted by Crippen LogP contribution is 2.37. The molecule has 6 nitrogen and oxygen atoms in total. The van der Waals surface area contributed by atoms with E-state index in [2.05, 4.69) is 22.8 Å². The Hall–Kier alpha value is -3.02. The molecule has 0 aliphatic heterocycles. The molecule has 0 bridgehead atoms. The summed E-state index contributed by atoms with van der Waals surface area (Å²) in [5.74, 6) is 0.946. The molecule has 2 aromatic carbocycles. The van der Waals surface area contributed by atoms with E-state index in [0.717, 1.165) is 43.4 Å². The fraction of sp³-hybridized carbons (Fsp3) is 0.417. The standard InChI is InChI=1S/C24H30N2O4/c1-16-3-13-22(30-2)21(15-16)26-24(29)25-20-11-9-19(10-12-20)18-7-4-17(5-8-18)6-14-23(27)28/h3,9-13,15,17-18H,4-8,14H2,1-2H3,(H,27,28)(H2,25,26,29). The summed E-state index contributed by atoms with van der Waals surface area (Å²) in [4.78, 5) is 23.1. The van der Waals surface area contributed by atoms with E-state index in [9.17, 15) is 9.59 Å². The summed E-state index contributed by atoms with van der Waals surface area (Å²) in [7, 11) is 1.58. The number of rotatable bonds is 7. The summed E-state index contributed by atoms with van der Waals surface area (Å²) < 4.78 is 5.30. The van der Waals surface area contributed by atoms with Gasteiger partial charge in [-0.25, -0.2) is 4.79 Å². The number of aryl methyl sites for hydroxylation is 1. The van der Waals surface area contributed by atoms with Crippen molar-refractivity contribution in [1.82, 2.24) is 0 Å². The number of hydrogen-bond acceptors (Lipinski definition) is 3. The van der Waals surface area contributed by atoms with Crippen molar-refractivity contribution in [3.8, 4) is 5.75 Å². The Morgan fingerprint density at radius 1 is 1.03 bits per heavy atom. The number of ether oxygens (including phenoxy) is 1. The van der Waals surface area contributed by atoms with Gasteiger partial charge in [0.25, 0.3) is 0 Å². The molecular formula is C24H30N2O4. The Morgan fingerprint density at radius 2 is 1.73 bits per heavy atom. The maximum absolute atomic E-state index is 12.4. The highest BCUT2D eigenvalue weighted by molar-refractivity contribution is 6.00. The van der Waals surface area contributed by atoms with Gasteiger partial charge in [-0.05, 0) is 86.3 Å². The van der Waals surface area contributed by atoms with Crippen LogP contribution >= 0.6 is 0 Å². The van der Waals surface area contributed by atoms with Crippen molar-refractivity contribution < 1.29 is 19.4 Å². The number of carbonyl (C=O) groups excluding carboxylic acids is 1. The summed E-state index contributed by atoms with van der Waals surface area (Å²) in [6.07, 6.45) is 5.39. The molecule has 0 heterocycles. The molecule has 0 radical (unpaired) electrons. The van der Waals surface area contributed by atoms with Gasteiger partial charge in [0.1, 0.15) is 5.75 Å².